The SMILES string of the molecule is Nc1oc2ccc(Cl)cc2c(=O)c1-c1ccc(O)cc1. The van der Waals surface area contributed by atoms with Crippen molar-refractivity contribution < 1.29 is 9.52 Å². The van der Waals surface area contributed by atoms with Gasteiger partial charge in [0.1, 0.15) is 11.3 Å². The molecule has 1 heterocycles. The maximum absolute atomic E-state index is 12.5. The van der Waals surface area contributed by atoms with Gasteiger partial charge in [-0.1, -0.05) is 23.7 Å². The van der Waals surface area contributed by atoms with Crippen LogP contribution in [0.5, 0.6) is 5.75 Å². The molecule has 5 heteroatoms. The van der Waals surface area contributed by atoms with Gasteiger partial charge in [0, 0.05) is 5.02 Å². The summed E-state index contributed by atoms with van der Waals surface area (Å²) in [5, 5.41) is 10.1. The summed E-state index contributed by atoms with van der Waals surface area (Å²) in [5.41, 5.74) is 6.81. The molecular formula is C15H10ClNO3. The van der Waals surface area contributed by atoms with Gasteiger partial charge in [-0.25, -0.2) is 0 Å². The van der Waals surface area contributed by atoms with Crippen molar-refractivity contribution in [1.29, 1.82) is 0 Å². The highest BCUT2D eigenvalue weighted by Crippen LogP contribution is 2.28. The lowest BCUT2D eigenvalue weighted by molar-refractivity contribution is 0.475. The van der Waals surface area contributed by atoms with E-state index in [0.717, 1.165) is 0 Å². The van der Waals surface area contributed by atoms with E-state index in [0.29, 0.717) is 21.6 Å². The van der Waals surface area contributed by atoms with Crippen molar-refractivity contribution in [1.82, 2.24) is 0 Å². The van der Waals surface area contributed by atoms with Gasteiger partial charge in [0.25, 0.3) is 0 Å². The lowest BCUT2D eigenvalue weighted by atomic mass is 10.0. The zero-order chi connectivity index (χ0) is 14.3. The smallest absolute Gasteiger partial charge is 0.202 e. The third-order valence-corrected chi connectivity index (χ3v) is 3.27. The van der Waals surface area contributed by atoms with Crippen molar-refractivity contribution in [2.24, 2.45) is 0 Å². The first-order valence-corrected chi connectivity index (χ1v) is 6.25. The van der Waals surface area contributed by atoms with Crippen LogP contribution in [0.3, 0.4) is 0 Å². The van der Waals surface area contributed by atoms with Crippen molar-refractivity contribution in [3.8, 4) is 16.9 Å². The van der Waals surface area contributed by atoms with E-state index in [1.165, 1.54) is 12.1 Å². The standard InChI is InChI=1S/C15H10ClNO3/c16-9-3-6-12-11(7-9)14(19)13(15(17)20-12)8-1-4-10(18)5-2-8/h1-7,18H,17H2. The molecule has 0 aliphatic heterocycles. The van der Waals surface area contributed by atoms with Crippen molar-refractivity contribution in [2.75, 3.05) is 5.73 Å². The van der Waals surface area contributed by atoms with Gasteiger partial charge in [0.15, 0.2) is 0 Å². The molecule has 3 N–H and O–H groups in total. The second-order valence-electron chi connectivity index (χ2n) is 4.36. The topological polar surface area (TPSA) is 76.5 Å². The van der Waals surface area contributed by atoms with Crippen LogP contribution in [0.15, 0.2) is 51.7 Å². The van der Waals surface area contributed by atoms with E-state index in [4.69, 9.17) is 21.8 Å². The number of hydrogen-bond donors (Lipinski definition) is 2. The third kappa shape index (κ3) is 2.00. The van der Waals surface area contributed by atoms with Crippen molar-refractivity contribution in [3.63, 3.8) is 0 Å². The number of fused-ring (bicyclic) bond motifs is 1. The first kappa shape index (κ1) is 12.6. The van der Waals surface area contributed by atoms with Crippen LogP contribution in [-0.2, 0) is 0 Å². The summed E-state index contributed by atoms with van der Waals surface area (Å²) in [6.07, 6.45) is 0. The molecule has 0 aliphatic carbocycles. The molecule has 3 rings (SSSR count). The number of hydrogen-bond acceptors (Lipinski definition) is 4. The number of anilines is 1. The number of phenolic OH excluding ortho intramolecular Hbond substituents is 1. The number of benzene rings is 2. The zero-order valence-corrected chi connectivity index (χ0v) is 11.0. The molecule has 0 saturated carbocycles. The summed E-state index contributed by atoms with van der Waals surface area (Å²) in [6.45, 7) is 0. The van der Waals surface area contributed by atoms with Gasteiger partial charge in [-0.3, -0.25) is 4.79 Å². The minimum absolute atomic E-state index is 0.0375. The van der Waals surface area contributed by atoms with E-state index < -0.39 is 0 Å². The van der Waals surface area contributed by atoms with Crippen LogP contribution in [-0.4, -0.2) is 5.11 Å². The van der Waals surface area contributed by atoms with Crippen LogP contribution in [0, 0.1) is 0 Å². The van der Waals surface area contributed by atoms with E-state index in [1.807, 2.05) is 0 Å². The molecule has 3 aromatic rings. The van der Waals surface area contributed by atoms with Gasteiger partial charge in [-0.15, -0.1) is 0 Å². The molecule has 0 saturated heterocycles. The number of nitrogen functional groups attached to an aromatic ring is 1. The van der Waals surface area contributed by atoms with Crippen LogP contribution in [0.25, 0.3) is 22.1 Å². The van der Waals surface area contributed by atoms with Gasteiger partial charge < -0.3 is 15.3 Å². The summed E-state index contributed by atoms with van der Waals surface area (Å²) in [5.74, 6) is 0.149. The second kappa shape index (κ2) is 4.58. The molecule has 0 bridgehead atoms. The highest BCUT2D eigenvalue weighted by atomic mass is 35.5. The molecule has 0 unspecified atom stereocenters. The minimum atomic E-state index is -0.253. The maximum Gasteiger partial charge on any atom is 0.202 e. The summed E-state index contributed by atoms with van der Waals surface area (Å²) in [4.78, 5) is 12.5. The number of phenols is 1. The van der Waals surface area contributed by atoms with Gasteiger partial charge in [-0.05, 0) is 35.9 Å². The Labute approximate surface area is 119 Å². The quantitative estimate of drug-likeness (QED) is 0.719. The molecule has 4 nitrogen and oxygen atoms in total. The summed E-state index contributed by atoms with van der Waals surface area (Å²) in [7, 11) is 0. The average molecular weight is 288 g/mol. The van der Waals surface area contributed by atoms with Crippen LogP contribution in [0.2, 0.25) is 5.02 Å². The molecule has 1 aromatic heterocycles. The molecule has 2 aromatic carbocycles. The number of aromatic hydroxyl groups is 1. The Bertz CT molecular complexity index is 853. The summed E-state index contributed by atoms with van der Waals surface area (Å²) >= 11 is 5.90. The predicted molar refractivity (Wildman–Crippen MR) is 79.0 cm³/mol. The molecular weight excluding hydrogens is 278 g/mol. The number of nitrogens with two attached hydrogens (primary N) is 1. The second-order valence-corrected chi connectivity index (χ2v) is 4.79. The first-order chi connectivity index (χ1) is 9.56. The monoisotopic (exact) mass is 287 g/mol. The Morgan fingerprint density at radius 1 is 1.10 bits per heavy atom. The van der Waals surface area contributed by atoms with Crippen LogP contribution in [0.1, 0.15) is 0 Å². The van der Waals surface area contributed by atoms with E-state index in [1.54, 1.807) is 30.3 Å². The Balaban J connectivity index is 2.36. The van der Waals surface area contributed by atoms with Crippen LogP contribution >= 0.6 is 11.6 Å². The van der Waals surface area contributed by atoms with Crippen LogP contribution in [0.4, 0.5) is 5.88 Å². The van der Waals surface area contributed by atoms with Crippen LogP contribution < -0.4 is 11.2 Å². The van der Waals surface area contributed by atoms with Crippen molar-refractivity contribution >= 4 is 28.5 Å². The fraction of sp³-hybridized carbons (Fsp3) is 0. The summed E-state index contributed by atoms with van der Waals surface area (Å²) in [6, 6.07) is 11.0. The van der Waals surface area contributed by atoms with Gasteiger partial charge >= 0.3 is 0 Å². The van der Waals surface area contributed by atoms with Crippen molar-refractivity contribution in [3.05, 3.63) is 57.7 Å². The Morgan fingerprint density at radius 2 is 1.80 bits per heavy atom. The van der Waals surface area contributed by atoms with Gasteiger partial charge in [-0.2, -0.15) is 0 Å². The average Bonchev–Trinajstić information content (AvgIpc) is 2.42. The highest BCUT2D eigenvalue weighted by Gasteiger charge is 2.14. The molecule has 20 heavy (non-hydrogen) atoms. The number of rotatable bonds is 1. The number of halogens is 1. The first-order valence-electron chi connectivity index (χ1n) is 5.87. The van der Waals surface area contributed by atoms with E-state index in [2.05, 4.69) is 0 Å². The Kier molecular flexibility index (Phi) is 2.88. The molecule has 0 atom stereocenters. The molecule has 0 fully saturated rings. The predicted octanol–water partition coefficient (Wildman–Crippen LogP) is 3.40. The van der Waals surface area contributed by atoms with Gasteiger partial charge in [0.05, 0.1) is 10.9 Å². The fourth-order valence-electron chi connectivity index (χ4n) is 2.09. The Hall–Kier alpha value is -2.46. The normalized spacial score (nSPS) is 10.8. The molecule has 0 spiro atoms. The van der Waals surface area contributed by atoms with Crippen molar-refractivity contribution in [2.45, 2.75) is 0 Å². The molecule has 0 amide bonds. The highest BCUT2D eigenvalue weighted by molar-refractivity contribution is 6.31. The van der Waals surface area contributed by atoms with E-state index in [9.17, 15) is 9.90 Å². The van der Waals surface area contributed by atoms with E-state index >= 15 is 0 Å². The zero-order valence-electron chi connectivity index (χ0n) is 10.3. The molecule has 0 radical (unpaired) electrons. The lowest BCUT2D eigenvalue weighted by Crippen LogP contribution is -2.08. The largest absolute Gasteiger partial charge is 0.508 e. The van der Waals surface area contributed by atoms with Gasteiger partial charge in [0.2, 0.25) is 11.3 Å². The molecule has 0 aliphatic rings. The Morgan fingerprint density at radius 3 is 2.50 bits per heavy atom. The maximum atomic E-state index is 12.5. The fourth-order valence-corrected chi connectivity index (χ4v) is 2.26. The lowest BCUT2D eigenvalue weighted by Gasteiger charge is -2.07. The van der Waals surface area contributed by atoms with E-state index in [-0.39, 0.29) is 22.6 Å². The molecule has 100 valence electrons. The minimum Gasteiger partial charge on any atom is -0.508 e. The third-order valence-electron chi connectivity index (χ3n) is 3.04. The summed E-state index contributed by atoms with van der Waals surface area (Å²) < 4.78 is 5.47.